The normalized spacial score (nSPS) is 13.2. The summed E-state index contributed by atoms with van der Waals surface area (Å²) in [7, 11) is 0. The molecule has 0 saturated heterocycles. The molecule has 1 aliphatic rings. The Kier molecular flexibility index (Phi) is 13.6. The van der Waals surface area contributed by atoms with E-state index in [9.17, 15) is 0 Å². The first kappa shape index (κ1) is 18.9. The summed E-state index contributed by atoms with van der Waals surface area (Å²) in [4.78, 5) is 15.6. The van der Waals surface area contributed by atoms with Crippen LogP contribution in [0, 0.1) is 0 Å². The maximum absolute atomic E-state index is 9.00. The van der Waals surface area contributed by atoms with Gasteiger partial charge in [-0.25, -0.2) is 0 Å². The average Bonchev–Trinajstić information content (AvgIpc) is 2.89. The van der Waals surface area contributed by atoms with Crippen molar-refractivity contribution < 1.29 is 9.90 Å². The van der Waals surface area contributed by atoms with E-state index >= 15 is 0 Å². The van der Waals surface area contributed by atoms with E-state index in [1.54, 1.807) is 0 Å². The smallest absolute Gasteiger partial charge is 0.300 e. The minimum absolute atomic E-state index is 0.833. The minimum atomic E-state index is -0.833. The van der Waals surface area contributed by atoms with Crippen LogP contribution in [0.3, 0.4) is 0 Å². The fraction of sp³-hybridized carbons (Fsp3) is 0.875. The third kappa shape index (κ3) is 15.0. The molecule has 0 amide bonds. The van der Waals surface area contributed by atoms with Gasteiger partial charge in [0.15, 0.2) is 0 Å². The number of hydrogen-bond donors (Lipinski definition) is 1. The Morgan fingerprint density at radius 2 is 1.60 bits per heavy atom. The van der Waals surface area contributed by atoms with Crippen LogP contribution in [0.15, 0.2) is 4.99 Å². The molecule has 0 saturated carbocycles. The SMILES string of the molecule is CC(=O)O.CCCCCCCCCCCN1C=NCC1. The molecule has 0 atom stereocenters. The van der Waals surface area contributed by atoms with Crippen molar-refractivity contribution in [1.82, 2.24) is 4.90 Å². The molecular formula is C16H32N2O2. The molecule has 1 aliphatic heterocycles. The van der Waals surface area contributed by atoms with Crippen LogP contribution in [0.5, 0.6) is 0 Å². The molecule has 4 heteroatoms. The first-order valence-electron chi connectivity index (χ1n) is 8.10. The van der Waals surface area contributed by atoms with Crippen LogP contribution in [-0.4, -0.2) is 41.9 Å². The number of nitrogens with zero attached hydrogens (tertiary/aromatic N) is 2. The summed E-state index contributed by atoms with van der Waals surface area (Å²) in [5.74, 6) is -0.833. The van der Waals surface area contributed by atoms with Crippen molar-refractivity contribution in [3.63, 3.8) is 0 Å². The molecule has 0 aliphatic carbocycles. The van der Waals surface area contributed by atoms with Crippen molar-refractivity contribution in [2.75, 3.05) is 19.6 Å². The lowest BCUT2D eigenvalue weighted by Crippen LogP contribution is -2.20. The number of carboxylic acid groups (broad SMARTS) is 1. The van der Waals surface area contributed by atoms with E-state index in [2.05, 4.69) is 16.8 Å². The summed E-state index contributed by atoms with van der Waals surface area (Å²) in [6.07, 6.45) is 14.8. The zero-order chi connectivity index (χ0) is 15.1. The van der Waals surface area contributed by atoms with E-state index in [-0.39, 0.29) is 0 Å². The number of carbonyl (C=O) groups is 1. The van der Waals surface area contributed by atoms with Gasteiger partial charge in [0.1, 0.15) is 0 Å². The quantitative estimate of drug-likeness (QED) is 0.618. The highest BCUT2D eigenvalue weighted by Gasteiger charge is 2.03. The standard InChI is InChI=1S/C14H28N2.C2H4O2/c1-2-3-4-5-6-7-8-9-10-12-16-13-11-15-14-16;1-2(3)4/h14H,2-13H2,1H3;1H3,(H,3,4). The molecule has 0 aromatic heterocycles. The highest BCUT2D eigenvalue weighted by Crippen LogP contribution is 2.09. The number of carboxylic acids is 1. The predicted molar refractivity (Wildman–Crippen MR) is 85.5 cm³/mol. The number of aliphatic imine (C=N–C) groups is 1. The topological polar surface area (TPSA) is 52.9 Å². The molecule has 1 N–H and O–H groups in total. The Hall–Kier alpha value is -1.06. The lowest BCUT2D eigenvalue weighted by Gasteiger charge is -2.12. The van der Waals surface area contributed by atoms with Crippen LogP contribution in [0.1, 0.15) is 71.6 Å². The average molecular weight is 284 g/mol. The molecule has 1 rings (SSSR count). The van der Waals surface area contributed by atoms with Crippen molar-refractivity contribution in [2.45, 2.75) is 71.6 Å². The Morgan fingerprint density at radius 3 is 2.05 bits per heavy atom. The Balaban J connectivity index is 0.000000796. The second-order valence-electron chi connectivity index (χ2n) is 5.41. The van der Waals surface area contributed by atoms with Gasteiger partial charge in [-0.3, -0.25) is 9.79 Å². The maximum atomic E-state index is 9.00. The van der Waals surface area contributed by atoms with E-state index in [4.69, 9.17) is 9.90 Å². The molecule has 20 heavy (non-hydrogen) atoms. The summed E-state index contributed by atoms with van der Waals surface area (Å²) < 4.78 is 0. The second kappa shape index (κ2) is 14.4. The zero-order valence-corrected chi connectivity index (χ0v) is 13.3. The molecule has 0 bridgehead atoms. The summed E-state index contributed by atoms with van der Waals surface area (Å²) in [5, 5.41) is 7.42. The van der Waals surface area contributed by atoms with Crippen LogP contribution in [0.25, 0.3) is 0 Å². The monoisotopic (exact) mass is 284 g/mol. The molecular weight excluding hydrogens is 252 g/mol. The Morgan fingerprint density at radius 1 is 1.10 bits per heavy atom. The number of hydrogen-bond acceptors (Lipinski definition) is 3. The van der Waals surface area contributed by atoms with Crippen LogP contribution >= 0.6 is 0 Å². The first-order chi connectivity index (χ1) is 9.66. The summed E-state index contributed by atoms with van der Waals surface area (Å²) >= 11 is 0. The van der Waals surface area contributed by atoms with Gasteiger partial charge in [-0.05, 0) is 6.42 Å². The third-order valence-corrected chi connectivity index (χ3v) is 3.31. The van der Waals surface area contributed by atoms with Crippen molar-refractivity contribution in [2.24, 2.45) is 4.99 Å². The molecule has 0 unspecified atom stereocenters. The van der Waals surface area contributed by atoms with E-state index in [1.165, 1.54) is 64.3 Å². The van der Waals surface area contributed by atoms with Crippen LogP contribution < -0.4 is 0 Å². The molecule has 0 radical (unpaired) electrons. The molecule has 1 heterocycles. The van der Waals surface area contributed by atoms with Gasteiger partial charge in [-0.15, -0.1) is 0 Å². The number of aliphatic carboxylic acids is 1. The zero-order valence-electron chi connectivity index (χ0n) is 13.3. The number of unbranched alkanes of at least 4 members (excludes halogenated alkanes) is 8. The minimum Gasteiger partial charge on any atom is -0.481 e. The highest BCUT2D eigenvalue weighted by atomic mass is 16.4. The third-order valence-electron chi connectivity index (χ3n) is 3.31. The van der Waals surface area contributed by atoms with E-state index in [0.29, 0.717) is 0 Å². The maximum Gasteiger partial charge on any atom is 0.300 e. The van der Waals surface area contributed by atoms with Crippen molar-refractivity contribution in [3.05, 3.63) is 0 Å². The fourth-order valence-corrected chi connectivity index (χ4v) is 2.21. The molecule has 0 spiro atoms. The van der Waals surface area contributed by atoms with Crippen LogP contribution in [0.2, 0.25) is 0 Å². The van der Waals surface area contributed by atoms with Crippen molar-refractivity contribution in [1.29, 1.82) is 0 Å². The summed E-state index contributed by atoms with van der Waals surface area (Å²) in [5.41, 5.74) is 0. The van der Waals surface area contributed by atoms with E-state index in [0.717, 1.165) is 20.0 Å². The largest absolute Gasteiger partial charge is 0.481 e. The first-order valence-corrected chi connectivity index (χ1v) is 8.10. The summed E-state index contributed by atoms with van der Waals surface area (Å²) in [6.45, 7) is 6.75. The van der Waals surface area contributed by atoms with E-state index in [1.807, 2.05) is 6.34 Å². The predicted octanol–water partition coefficient (Wildman–Crippen LogP) is 3.95. The Bertz CT molecular complexity index is 251. The molecule has 0 aromatic carbocycles. The molecule has 0 fully saturated rings. The van der Waals surface area contributed by atoms with Gasteiger partial charge in [0.05, 0.1) is 12.9 Å². The van der Waals surface area contributed by atoms with Gasteiger partial charge in [0.2, 0.25) is 0 Å². The van der Waals surface area contributed by atoms with Gasteiger partial charge in [-0.1, -0.05) is 58.3 Å². The van der Waals surface area contributed by atoms with Gasteiger partial charge < -0.3 is 10.0 Å². The highest BCUT2D eigenvalue weighted by molar-refractivity contribution is 5.62. The molecule has 118 valence electrons. The van der Waals surface area contributed by atoms with Gasteiger partial charge >= 0.3 is 0 Å². The Labute approximate surface area is 124 Å². The molecule has 0 aromatic rings. The number of rotatable bonds is 10. The van der Waals surface area contributed by atoms with Gasteiger partial charge in [-0.2, -0.15) is 0 Å². The second-order valence-corrected chi connectivity index (χ2v) is 5.41. The lowest BCUT2D eigenvalue weighted by molar-refractivity contribution is -0.134. The van der Waals surface area contributed by atoms with Crippen molar-refractivity contribution >= 4 is 12.3 Å². The van der Waals surface area contributed by atoms with Crippen LogP contribution in [-0.2, 0) is 4.79 Å². The molecule has 4 nitrogen and oxygen atoms in total. The summed E-state index contributed by atoms with van der Waals surface area (Å²) in [6, 6.07) is 0. The fourth-order valence-electron chi connectivity index (χ4n) is 2.21. The van der Waals surface area contributed by atoms with Gasteiger partial charge in [0.25, 0.3) is 5.97 Å². The van der Waals surface area contributed by atoms with E-state index < -0.39 is 5.97 Å². The van der Waals surface area contributed by atoms with Gasteiger partial charge in [0, 0.05) is 20.0 Å². The lowest BCUT2D eigenvalue weighted by atomic mass is 10.1. The van der Waals surface area contributed by atoms with Crippen molar-refractivity contribution in [3.8, 4) is 0 Å². The van der Waals surface area contributed by atoms with Crippen LogP contribution in [0.4, 0.5) is 0 Å².